The number of hydrogen-bond acceptors (Lipinski definition) is 4. The molecule has 0 saturated heterocycles. The Morgan fingerprint density at radius 3 is 2.89 bits per heavy atom. The van der Waals surface area contributed by atoms with Crippen molar-refractivity contribution < 1.29 is 0 Å². The Kier molecular flexibility index (Phi) is 2.90. The molecule has 0 aliphatic carbocycles. The van der Waals surface area contributed by atoms with Crippen molar-refractivity contribution in [2.24, 2.45) is 0 Å². The van der Waals surface area contributed by atoms with E-state index in [-0.39, 0.29) is 5.56 Å². The predicted molar refractivity (Wildman–Crippen MR) is 71.8 cm³/mol. The lowest BCUT2D eigenvalue weighted by atomic mass is 10.2. The van der Waals surface area contributed by atoms with Gasteiger partial charge >= 0.3 is 0 Å². The van der Waals surface area contributed by atoms with Crippen LogP contribution in [0.3, 0.4) is 0 Å². The van der Waals surface area contributed by atoms with Crippen molar-refractivity contribution in [1.82, 2.24) is 14.5 Å². The third kappa shape index (κ3) is 2.04. The lowest BCUT2D eigenvalue weighted by Crippen LogP contribution is -2.20. The number of aryl methyl sites for hydroxylation is 2. The van der Waals surface area contributed by atoms with Crippen LogP contribution in [0.1, 0.15) is 5.56 Å². The van der Waals surface area contributed by atoms with Crippen molar-refractivity contribution in [3.8, 4) is 0 Å². The van der Waals surface area contributed by atoms with E-state index in [0.717, 1.165) is 16.6 Å². The fraction of sp³-hybridized carbons (Fsp3) is 0.154. The highest BCUT2D eigenvalue weighted by Crippen LogP contribution is 2.13. The second kappa shape index (κ2) is 4.70. The molecule has 0 bridgehead atoms. The molecular formula is C13H11N3OS. The van der Waals surface area contributed by atoms with E-state index in [1.807, 2.05) is 23.6 Å². The Morgan fingerprint density at radius 1 is 1.22 bits per heavy atom. The van der Waals surface area contributed by atoms with Crippen molar-refractivity contribution in [3.05, 3.63) is 58.2 Å². The van der Waals surface area contributed by atoms with Crippen LogP contribution in [0.25, 0.3) is 10.2 Å². The van der Waals surface area contributed by atoms with Gasteiger partial charge in [0.15, 0.2) is 0 Å². The van der Waals surface area contributed by atoms with Crippen molar-refractivity contribution in [3.63, 3.8) is 0 Å². The number of fused-ring (bicyclic) bond motifs is 1. The van der Waals surface area contributed by atoms with Gasteiger partial charge in [0.25, 0.3) is 5.56 Å². The van der Waals surface area contributed by atoms with Gasteiger partial charge in [-0.2, -0.15) is 0 Å². The zero-order valence-electron chi connectivity index (χ0n) is 9.61. The maximum atomic E-state index is 12.1. The Morgan fingerprint density at radius 2 is 2.06 bits per heavy atom. The molecule has 0 radical (unpaired) electrons. The van der Waals surface area contributed by atoms with E-state index in [0.29, 0.717) is 6.54 Å². The molecule has 3 rings (SSSR count). The van der Waals surface area contributed by atoms with Gasteiger partial charge in [-0.05, 0) is 35.6 Å². The minimum absolute atomic E-state index is 0.0454. The summed E-state index contributed by atoms with van der Waals surface area (Å²) < 4.78 is 2.39. The number of pyridine rings is 1. The predicted octanol–water partition coefficient (Wildman–Crippen LogP) is 2.10. The first-order chi connectivity index (χ1) is 8.84. The molecule has 0 atom stereocenters. The fourth-order valence-electron chi connectivity index (χ4n) is 1.84. The quantitative estimate of drug-likeness (QED) is 0.722. The second-order valence-corrected chi connectivity index (χ2v) is 4.90. The van der Waals surface area contributed by atoms with Crippen LogP contribution in [0.5, 0.6) is 0 Å². The van der Waals surface area contributed by atoms with E-state index in [1.165, 1.54) is 16.9 Å². The summed E-state index contributed by atoms with van der Waals surface area (Å²) in [5, 5.41) is 1.90. The summed E-state index contributed by atoms with van der Waals surface area (Å²) in [6.45, 7) is 0.643. The molecule has 0 aliphatic heterocycles. The Labute approximate surface area is 108 Å². The summed E-state index contributed by atoms with van der Waals surface area (Å²) in [6.07, 6.45) is 5.96. The molecule has 0 amide bonds. The van der Waals surface area contributed by atoms with Gasteiger partial charge in [0.1, 0.15) is 4.70 Å². The Hall–Kier alpha value is -2.01. The van der Waals surface area contributed by atoms with E-state index in [9.17, 15) is 4.79 Å². The first kappa shape index (κ1) is 11.1. The maximum Gasteiger partial charge on any atom is 0.271 e. The molecule has 4 nitrogen and oxygen atoms in total. The molecule has 90 valence electrons. The number of hydrogen-bond donors (Lipinski definition) is 0. The topological polar surface area (TPSA) is 47.8 Å². The van der Waals surface area contributed by atoms with Crippen molar-refractivity contribution in [2.45, 2.75) is 13.0 Å². The van der Waals surface area contributed by atoms with Crippen LogP contribution in [0.2, 0.25) is 0 Å². The normalized spacial score (nSPS) is 10.9. The molecule has 3 aromatic rings. The summed E-state index contributed by atoms with van der Waals surface area (Å²) in [5.41, 5.74) is 2.00. The van der Waals surface area contributed by atoms with Crippen LogP contribution in [0.15, 0.2) is 47.1 Å². The smallest absolute Gasteiger partial charge is 0.271 e. The molecule has 0 N–H and O–H groups in total. The molecule has 18 heavy (non-hydrogen) atoms. The first-order valence-electron chi connectivity index (χ1n) is 5.66. The number of thiophene rings is 1. The lowest BCUT2D eigenvalue weighted by Gasteiger charge is -2.04. The summed E-state index contributed by atoms with van der Waals surface area (Å²) >= 11 is 1.44. The molecule has 5 heteroatoms. The van der Waals surface area contributed by atoms with Gasteiger partial charge in [-0.25, -0.2) is 4.98 Å². The maximum absolute atomic E-state index is 12.1. The number of rotatable bonds is 3. The molecule has 0 unspecified atom stereocenters. The third-order valence-electron chi connectivity index (χ3n) is 2.83. The van der Waals surface area contributed by atoms with Gasteiger partial charge in [0.05, 0.1) is 11.8 Å². The van der Waals surface area contributed by atoms with E-state index >= 15 is 0 Å². The van der Waals surface area contributed by atoms with E-state index in [4.69, 9.17) is 0 Å². The van der Waals surface area contributed by atoms with Crippen LogP contribution >= 0.6 is 11.3 Å². The molecule has 0 fully saturated rings. The SMILES string of the molecule is O=c1c2sccc2ncn1CCc1ccncc1. The van der Waals surface area contributed by atoms with E-state index < -0.39 is 0 Å². The summed E-state index contributed by atoms with van der Waals surface area (Å²) in [6, 6.07) is 5.79. The summed E-state index contributed by atoms with van der Waals surface area (Å²) in [4.78, 5) is 20.4. The first-order valence-corrected chi connectivity index (χ1v) is 6.54. The fourth-order valence-corrected chi connectivity index (χ4v) is 2.63. The van der Waals surface area contributed by atoms with E-state index in [1.54, 1.807) is 23.3 Å². The standard InChI is InChI=1S/C13H11N3OS/c17-13-12-11(4-8-18-12)15-9-16(13)7-3-10-1-5-14-6-2-10/h1-2,4-6,8-9H,3,7H2. The van der Waals surface area contributed by atoms with Crippen LogP contribution in [0.4, 0.5) is 0 Å². The van der Waals surface area contributed by atoms with Crippen LogP contribution in [-0.4, -0.2) is 14.5 Å². The lowest BCUT2D eigenvalue weighted by molar-refractivity contribution is 0.663. The highest BCUT2D eigenvalue weighted by Gasteiger charge is 2.04. The van der Waals surface area contributed by atoms with Gasteiger partial charge in [0.2, 0.25) is 0 Å². The minimum atomic E-state index is 0.0454. The molecule has 3 heterocycles. The zero-order valence-corrected chi connectivity index (χ0v) is 10.4. The molecule has 0 aromatic carbocycles. The molecule has 3 aromatic heterocycles. The molecule has 0 spiro atoms. The van der Waals surface area contributed by atoms with Crippen molar-refractivity contribution >= 4 is 21.6 Å². The average Bonchev–Trinajstić information content (AvgIpc) is 2.88. The van der Waals surface area contributed by atoms with Gasteiger partial charge in [0, 0.05) is 18.9 Å². The van der Waals surface area contributed by atoms with E-state index in [2.05, 4.69) is 9.97 Å². The van der Waals surface area contributed by atoms with Crippen molar-refractivity contribution in [2.75, 3.05) is 0 Å². The monoisotopic (exact) mass is 257 g/mol. The highest BCUT2D eigenvalue weighted by atomic mass is 32.1. The Bertz CT molecular complexity index is 718. The van der Waals surface area contributed by atoms with Crippen molar-refractivity contribution in [1.29, 1.82) is 0 Å². The molecular weight excluding hydrogens is 246 g/mol. The minimum Gasteiger partial charge on any atom is -0.298 e. The second-order valence-electron chi connectivity index (χ2n) is 3.98. The average molecular weight is 257 g/mol. The van der Waals surface area contributed by atoms with Gasteiger partial charge in [-0.1, -0.05) is 0 Å². The van der Waals surface area contributed by atoms with Crippen LogP contribution < -0.4 is 5.56 Å². The van der Waals surface area contributed by atoms with Gasteiger partial charge in [-0.3, -0.25) is 14.3 Å². The van der Waals surface area contributed by atoms with Gasteiger partial charge in [-0.15, -0.1) is 11.3 Å². The summed E-state index contributed by atoms with van der Waals surface area (Å²) in [7, 11) is 0. The van der Waals surface area contributed by atoms with Crippen LogP contribution in [0, 0.1) is 0 Å². The molecule has 0 aliphatic rings. The third-order valence-corrected chi connectivity index (χ3v) is 3.72. The van der Waals surface area contributed by atoms with Crippen LogP contribution in [-0.2, 0) is 13.0 Å². The van der Waals surface area contributed by atoms with Gasteiger partial charge < -0.3 is 0 Å². The largest absolute Gasteiger partial charge is 0.298 e. The Balaban J connectivity index is 1.87. The molecule has 0 saturated carbocycles. The highest BCUT2D eigenvalue weighted by molar-refractivity contribution is 7.17. The summed E-state index contributed by atoms with van der Waals surface area (Å²) in [5.74, 6) is 0. The zero-order chi connectivity index (χ0) is 12.4. The number of aromatic nitrogens is 3. The number of nitrogens with zero attached hydrogens (tertiary/aromatic N) is 3.